The molecule has 3 aromatic carbocycles. The maximum Gasteiger partial charge on any atom is 0.248 e. The monoisotopic (exact) mass is 339 g/mol. The second-order valence-electron chi connectivity index (χ2n) is 5.52. The molecule has 128 valence electrons. The van der Waals surface area contributed by atoms with E-state index in [9.17, 15) is 15.0 Å². The van der Waals surface area contributed by atoms with Crippen LogP contribution >= 0.6 is 0 Å². The van der Waals surface area contributed by atoms with Crippen LogP contribution in [0.4, 0.5) is 0 Å². The minimum Gasteiger partial charge on any atom is -0.504 e. The number of methoxy groups -OCH3 is 2. The number of fused-ring (bicyclic) bond motifs is 1. The van der Waals surface area contributed by atoms with E-state index in [-0.39, 0.29) is 11.5 Å². The van der Waals surface area contributed by atoms with Crippen molar-refractivity contribution in [3.05, 3.63) is 48.0 Å². The highest BCUT2D eigenvalue weighted by molar-refractivity contribution is 6.05. The molecule has 0 atom stereocenters. The van der Waals surface area contributed by atoms with Gasteiger partial charge in [0.25, 0.3) is 0 Å². The zero-order chi connectivity index (χ0) is 18.1. The van der Waals surface area contributed by atoms with Crippen molar-refractivity contribution in [3.63, 3.8) is 0 Å². The van der Waals surface area contributed by atoms with Crippen LogP contribution in [-0.4, -0.2) is 30.3 Å². The molecule has 3 rings (SSSR count). The summed E-state index contributed by atoms with van der Waals surface area (Å²) in [4.78, 5) is 11.7. The van der Waals surface area contributed by atoms with Crippen LogP contribution in [0.2, 0.25) is 0 Å². The summed E-state index contributed by atoms with van der Waals surface area (Å²) in [7, 11) is 2.90. The molecule has 0 aromatic heterocycles. The molecule has 6 nitrogen and oxygen atoms in total. The standard InChI is InChI=1S/C19H17NO5/c1-24-17-7-10(3-4-15(17)21)13-6-12(19(20)23)5-11-8-18(25-2)16(22)9-14(11)13/h3-9,21-22H,1-2H3,(H2,20,23). The first kappa shape index (κ1) is 16.4. The summed E-state index contributed by atoms with van der Waals surface area (Å²) in [5, 5.41) is 21.3. The van der Waals surface area contributed by atoms with Gasteiger partial charge in [0.2, 0.25) is 5.91 Å². The summed E-state index contributed by atoms with van der Waals surface area (Å²) >= 11 is 0. The van der Waals surface area contributed by atoms with Gasteiger partial charge in [0.05, 0.1) is 14.2 Å². The third kappa shape index (κ3) is 2.89. The van der Waals surface area contributed by atoms with E-state index >= 15 is 0 Å². The van der Waals surface area contributed by atoms with Crippen LogP contribution in [0.15, 0.2) is 42.5 Å². The molecule has 1 amide bonds. The zero-order valence-electron chi connectivity index (χ0n) is 13.7. The number of primary amides is 1. The Balaban J connectivity index is 2.35. The van der Waals surface area contributed by atoms with Crippen molar-refractivity contribution in [2.75, 3.05) is 14.2 Å². The number of benzene rings is 3. The summed E-state index contributed by atoms with van der Waals surface area (Å²) in [6.07, 6.45) is 0. The number of carbonyl (C=O) groups excluding carboxylic acids is 1. The van der Waals surface area contributed by atoms with Gasteiger partial charge in [-0.1, -0.05) is 6.07 Å². The van der Waals surface area contributed by atoms with Crippen molar-refractivity contribution in [2.24, 2.45) is 5.73 Å². The van der Waals surface area contributed by atoms with E-state index < -0.39 is 5.91 Å². The molecule has 0 fully saturated rings. The lowest BCUT2D eigenvalue weighted by molar-refractivity contribution is 0.100. The molecule has 0 aliphatic carbocycles. The number of hydrogen-bond donors (Lipinski definition) is 3. The summed E-state index contributed by atoms with van der Waals surface area (Å²) in [6.45, 7) is 0. The number of rotatable bonds is 4. The molecular formula is C19H17NO5. The molecule has 3 aromatic rings. The Morgan fingerprint density at radius 1 is 0.920 bits per heavy atom. The highest BCUT2D eigenvalue weighted by atomic mass is 16.5. The minimum absolute atomic E-state index is 0.00567. The first-order chi connectivity index (χ1) is 11.9. The fourth-order valence-electron chi connectivity index (χ4n) is 2.77. The molecule has 0 aliphatic rings. The third-order valence-corrected chi connectivity index (χ3v) is 4.03. The molecule has 6 heteroatoms. The van der Waals surface area contributed by atoms with Crippen LogP contribution < -0.4 is 15.2 Å². The van der Waals surface area contributed by atoms with Gasteiger partial charge >= 0.3 is 0 Å². The van der Waals surface area contributed by atoms with Crippen LogP contribution in [0.3, 0.4) is 0 Å². The molecule has 0 saturated carbocycles. The number of hydrogen-bond acceptors (Lipinski definition) is 5. The van der Waals surface area contributed by atoms with Crippen molar-refractivity contribution in [1.82, 2.24) is 0 Å². The highest BCUT2D eigenvalue weighted by Gasteiger charge is 2.14. The lowest BCUT2D eigenvalue weighted by Crippen LogP contribution is -2.11. The predicted molar refractivity (Wildman–Crippen MR) is 94.3 cm³/mol. The lowest BCUT2D eigenvalue weighted by atomic mass is 9.94. The van der Waals surface area contributed by atoms with Crippen molar-refractivity contribution in [2.45, 2.75) is 0 Å². The Hall–Kier alpha value is -3.41. The van der Waals surface area contributed by atoms with Crippen LogP contribution in [-0.2, 0) is 0 Å². The summed E-state index contributed by atoms with van der Waals surface area (Å²) in [6, 6.07) is 11.3. The second-order valence-corrected chi connectivity index (χ2v) is 5.52. The Morgan fingerprint density at radius 3 is 2.24 bits per heavy atom. The normalized spacial score (nSPS) is 10.6. The van der Waals surface area contributed by atoms with E-state index in [1.54, 1.807) is 36.4 Å². The summed E-state index contributed by atoms with van der Waals surface area (Å²) < 4.78 is 10.3. The molecule has 0 saturated heterocycles. The first-order valence-electron chi connectivity index (χ1n) is 7.46. The fraction of sp³-hybridized carbons (Fsp3) is 0.105. The zero-order valence-corrected chi connectivity index (χ0v) is 13.7. The molecule has 0 radical (unpaired) electrons. The smallest absolute Gasteiger partial charge is 0.248 e. The van der Waals surface area contributed by atoms with E-state index in [0.717, 1.165) is 0 Å². The Bertz CT molecular complexity index is 981. The van der Waals surface area contributed by atoms with Gasteiger partial charge in [-0.25, -0.2) is 0 Å². The Morgan fingerprint density at radius 2 is 1.60 bits per heavy atom. The van der Waals surface area contributed by atoms with Crippen LogP contribution in [0.25, 0.3) is 21.9 Å². The van der Waals surface area contributed by atoms with Crippen LogP contribution in [0.1, 0.15) is 10.4 Å². The second kappa shape index (κ2) is 6.24. The van der Waals surface area contributed by atoms with Gasteiger partial charge in [-0.15, -0.1) is 0 Å². The van der Waals surface area contributed by atoms with Crippen molar-refractivity contribution in [3.8, 4) is 34.1 Å². The van der Waals surface area contributed by atoms with E-state index in [2.05, 4.69) is 0 Å². The number of carbonyl (C=O) groups is 1. The van der Waals surface area contributed by atoms with E-state index in [1.807, 2.05) is 0 Å². The Kier molecular flexibility index (Phi) is 4.10. The largest absolute Gasteiger partial charge is 0.504 e. The van der Waals surface area contributed by atoms with Crippen LogP contribution in [0, 0.1) is 0 Å². The molecule has 25 heavy (non-hydrogen) atoms. The van der Waals surface area contributed by atoms with Gasteiger partial charge in [0.15, 0.2) is 23.0 Å². The predicted octanol–water partition coefficient (Wildman–Crippen LogP) is 3.03. The van der Waals surface area contributed by atoms with Crippen LogP contribution in [0.5, 0.6) is 23.0 Å². The molecule has 4 N–H and O–H groups in total. The van der Waals surface area contributed by atoms with E-state index in [1.165, 1.54) is 20.3 Å². The SMILES string of the molecule is COc1cc(-c2cc(C(N)=O)cc3cc(OC)c(O)cc23)ccc1O. The average molecular weight is 339 g/mol. The molecule has 0 unspecified atom stereocenters. The molecule has 0 spiro atoms. The third-order valence-electron chi connectivity index (χ3n) is 4.03. The first-order valence-corrected chi connectivity index (χ1v) is 7.46. The number of ether oxygens (including phenoxy) is 2. The van der Waals surface area contributed by atoms with Gasteiger partial charge in [0, 0.05) is 5.56 Å². The van der Waals surface area contributed by atoms with Crippen molar-refractivity contribution < 1.29 is 24.5 Å². The number of nitrogens with two attached hydrogens (primary N) is 1. The highest BCUT2D eigenvalue weighted by Crippen LogP contribution is 2.39. The fourth-order valence-corrected chi connectivity index (χ4v) is 2.77. The number of phenols is 2. The maximum atomic E-state index is 11.7. The lowest BCUT2D eigenvalue weighted by Gasteiger charge is -2.13. The van der Waals surface area contributed by atoms with Gasteiger partial charge in [-0.2, -0.15) is 0 Å². The molecular weight excluding hydrogens is 322 g/mol. The molecule has 0 heterocycles. The van der Waals surface area contributed by atoms with Crippen molar-refractivity contribution >= 4 is 16.7 Å². The van der Waals surface area contributed by atoms with Gasteiger partial charge in [-0.3, -0.25) is 4.79 Å². The summed E-state index contributed by atoms with van der Waals surface area (Å²) in [5.41, 5.74) is 7.14. The Labute approximate surface area is 144 Å². The number of phenolic OH excluding ortho intramolecular Hbond substituents is 2. The molecule has 0 aliphatic heterocycles. The van der Waals surface area contributed by atoms with E-state index in [0.29, 0.717) is 39.0 Å². The van der Waals surface area contributed by atoms with E-state index in [4.69, 9.17) is 15.2 Å². The van der Waals surface area contributed by atoms with Gasteiger partial charge in [0.1, 0.15) is 0 Å². The van der Waals surface area contributed by atoms with Gasteiger partial charge < -0.3 is 25.4 Å². The molecule has 0 bridgehead atoms. The summed E-state index contributed by atoms with van der Waals surface area (Å²) in [5.74, 6) is 0.0112. The van der Waals surface area contributed by atoms with Crippen molar-refractivity contribution in [1.29, 1.82) is 0 Å². The van der Waals surface area contributed by atoms with Gasteiger partial charge in [-0.05, 0) is 58.3 Å². The topological polar surface area (TPSA) is 102 Å². The number of aromatic hydroxyl groups is 2. The number of amides is 1. The minimum atomic E-state index is -0.569. The average Bonchev–Trinajstić information content (AvgIpc) is 2.60. The maximum absolute atomic E-state index is 11.7. The quantitative estimate of drug-likeness (QED) is 0.678.